The predicted octanol–water partition coefficient (Wildman–Crippen LogP) is 2.66. The lowest BCUT2D eigenvalue weighted by molar-refractivity contribution is 0.0669. The smallest absolute Gasteiger partial charge is 0.253 e. The van der Waals surface area contributed by atoms with E-state index < -0.39 is 0 Å². The Labute approximate surface area is 123 Å². The predicted molar refractivity (Wildman–Crippen MR) is 81.2 cm³/mol. The number of carbonyl (C=O) groups excluding carboxylic acids is 1. The number of halogens is 1. The summed E-state index contributed by atoms with van der Waals surface area (Å²) in [6.07, 6.45) is 1.50. The maximum atomic E-state index is 13.4. The molecule has 2 N–H and O–H groups in total. The minimum Gasteiger partial charge on any atom is -0.393 e. The second-order valence-corrected chi connectivity index (χ2v) is 6.17. The molecule has 5 heteroatoms. The van der Waals surface area contributed by atoms with Crippen LogP contribution in [0, 0.1) is 18.2 Å². The molecule has 1 amide bonds. The Morgan fingerprint density at radius 3 is 2.45 bits per heavy atom. The summed E-state index contributed by atoms with van der Waals surface area (Å²) in [5.41, 5.74) is 6.73. The van der Waals surface area contributed by atoms with Gasteiger partial charge in [0.15, 0.2) is 0 Å². The molecule has 0 atom stereocenters. The zero-order valence-corrected chi connectivity index (χ0v) is 12.6. The third-order valence-corrected chi connectivity index (χ3v) is 4.53. The fourth-order valence-electron chi connectivity index (χ4n) is 2.49. The van der Waals surface area contributed by atoms with Gasteiger partial charge in [-0.15, -0.1) is 0 Å². The summed E-state index contributed by atoms with van der Waals surface area (Å²) < 4.78 is 13.4. The molecule has 1 aromatic carbocycles. The van der Waals surface area contributed by atoms with Gasteiger partial charge in [0.25, 0.3) is 5.91 Å². The Bertz CT molecular complexity index is 531. The van der Waals surface area contributed by atoms with Crippen LogP contribution in [-0.2, 0) is 0 Å². The van der Waals surface area contributed by atoms with Gasteiger partial charge < -0.3 is 10.6 Å². The van der Waals surface area contributed by atoms with Gasteiger partial charge in [-0.05, 0) is 43.5 Å². The highest BCUT2D eigenvalue weighted by molar-refractivity contribution is 7.80. The summed E-state index contributed by atoms with van der Waals surface area (Å²) in [4.78, 5) is 14.6. The van der Waals surface area contributed by atoms with Crippen molar-refractivity contribution in [2.24, 2.45) is 11.1 Å². The maximum Gasteiger partial charge on any atom is 0.253 e. The maximum absolute atomic E-state index is 13.4. The van der Waals surface area contributed by atoms with Crippen LogP contribution in [0.1, 0.15) is 35.7 Å². The first-order chi connectivity index (χ1) is 9.32. The zero-order chi connectivity index (χ0) is 14.9. The molecule has 0 unspecified atom stereocenters. The van der Waals surface area contributed by atoms with E-state index in [0.29, 0.717) is 23.6 Å². The minimum atomic E-state index is -0.377. The molecule has 20 heavy (non-hydrogen) atoms. The lowest BCUT2D eigenvalue weighted by Gasteiger charge is -2.38. The zero-order valence-electron chi connectivity index (χ0n) is 11.8. The number of thiocarbonyl (C=S) groups is 1. The number of amides is 1. The second kappa shape index (κ2) is 5.48. The van der Waals surface area contributed by atoms with E-state index in [1.54, 1.807) is 17.9 Å². The van der Waals surface area contributed by atoms with E-state index in [4.69, 9.17) is 18.0 Å². The molecule has 0 radical (unpaired) electrons. The van der Waals surface area contributed by atoms with Gasteiger partial charge in [0, 0.05) is 24.1 Å². The van der Waals surface area contributed by atoms with Crippen molar-refractivity contribution in [3.63, 3.8) is 0 Å². The Kier molecular flexibility index (Phi) is 4.09. The van der Waals surface area contributed by atoms with Crippen molar-refractivity contribution in [1.29, 1.82) is 0 Å². The molecule has 3 nitrogen and oxygen atoms in total. The van der Waals surface area contributed by atoms with E-state index in [1.165, 1.54) is 12.1 Å². The summed E-state index contributed by atoms with van der Waals surface area (Å²) >= 11 is 5.09. The quantitative estimate of drug-likeness (QED) is 0.853. The summed E-state index contributed by atoms with van der Waals surface area (Å²) in [7, 11) is 0. The first kappa shape index (κ1) is 14.9. The second-order valence-electron chi connectivity index (χ2n) is 5.73. The number of nitrogens with two attached hydrogens (primary N) is 1. The number of benzene rings is 1. The van der Waals surface area contributed by atoms with Crippen molar-refractivity contribution in [3.8, 4) is 0 Å². The normalized spacial score (nSPS) is 17.9. The van der Waals surface area contributed by atoms with Gasteiger partial charge in [0.1, 0.15) is 5.82 Å². The summed E-state index contributed by atoms with van der Waals surface area (Å²) in [5, 5.41) is 0. The number of likely N-dealkylation sites (tertiary alicyclic amines) is 1. The summed E-state index contributed by atoms with van der Waals surface area (Å²) in [6.45, 7) is 5.01. The van der Waals surface area contributed by atoms with Crippen LogP contribution >= 0.6 is 12.2 Å². The molecule has 1 heterocycles. The molecule has 1 aliphatic rings. The first-order valence-corrected chi connectivity index (χ1v) is 7.09. The van der Waals surface area contributed by atoms with Crippen LogP contribution in [0.2, 0.25) is 0 Å². The SMILES string of the molecule is Cc1cc(F)cc(C(=O)N2CCC(C)(C(N)=S)CC2)c1. The molecule has 1 fully saturated rings. The number of piperidine rings is 1. The van der Waals surface area contributed by atoms with Gasteiger partial charge in [-0.25, -0.2) is 4.39 Å². The summed E-state index contributed by atoms with van der Waals surface area (Å²) in [6, 6.07) is 4.42. The van der Waals surface area contributed by atoms with Crippen LogP contribution in [-0.4, -0.2) is 28.9 Å². The van der Waals surface area contributed by atoms with Gasteiger partial charge in [-0.1, -0.05) is 19.1 Å². The van der Waals surface area contributed by atoms with Crippen LogP contribution in [0.25, 0.3) is 0 Å². The molecule has 0 bridgehead atoms. The van der Waals surface area contributed by atoms with Crippen molar-refractivity contribution < 1.29 is 9.18 Å². The van der Waals surface area contributed by atoms with Gasteiger partial charge in [-0.2, -0.15) is 0 Å². The van der Waals surface area contributed by atoms with Crippen molar-refractivity contribution in [3.05, 3.63) is 35.1 Å². The van der Waals surface area contributed by atoms with Crippen molar-refractivity contribution in [2.75, 3.05) is 13.1 Å². The van der Waals surface area contributed by atoms with E-state index in [1.807, 2.05) is 6.92 Å². The van der Waals surface area contributed by atoms with E-state index in [-0.39, 0.29) is 17.1 Å². The van der Waals surface area contributed by atoms with Crippen molar-refractivity contribution >= 4 is 23.1 Å². The Hall–Kier alpha value is -1.49. The average molecular weight is 294 g/mol. The van der Waals surface area contributed by atoms with E-state index in [9.17, 15) is 9.18 Å². The number of hydrogen-bond acceptors (Lipinski definition) is 2. The molecule has 0 saturated carbocycles. The number of aryl methyl sites for hydroxylation is 1. The first-order valence-electron chi connectivity index (χ1n) is 6.68. The Morgan fingerprint density at radius 1 is 1.35 bits per heavy atom. The molecule has 0 aliphatic carbocycles. The average Bonchev–Trinajstić information content (AvgIpc) is 2.37. The summed E-state index contributed by atoms with van der Waals surface area (Å²) in [5.74, 6) is -0.504. The molecular weight excluding hydrogens is 275 g/mol. The molecule has 2 rings (SSSR count). The molecular formula is C15H19FN2OS. The highest BCUT2D eigenvalue weighted by atomic mass is 32.1. The van der Waals surface area contributed by atoms with E-state index >= 15 is 0 Å². The molecule has 1 saturated heterocycles. The van der Waals surface area contributed by atoms with Crippen LogP contribution in [0.3, 0.4) is 0 Å². The van der Waals surface area contributed by atoms with Gasteiger partial charge in [-0.3, -0.25) is 4.79 Å². The minimum absolute atomic E-state index is 0.127. The molecule has 0 aromatic heterocycles. The fourth-order valence-corrected chi connectivity index (χ4v) is 2.70. The van der Waals surface area contributed by atoms with Crippen LogP contribution in [0.5, 0.6) is 0 Å². The largest absolute Gasteiger partial charge is 0.393 e. The standard InChI is InChI=1S/C15H19FN2OS/c1-10-7-11(9-12(16)8-10)13(19)18-5-3-15(2,4-6-18)14(17)20/h7-9H,3-6H2,1-2H3,(H2,17,20). The number of rotatable bonds is 2. The van der Waals surface area contributed by atoms with E-state index in [2.05, 4.69) is 0 Å². The third-order valence-electron chi connectivity index (χ3n) is 4.04. The molecule has 0 spiro atoms. The lowest BCUT2D eigenvalue weighted by Crippen LogP contribution is -2.46. The highest BCUT2D eigenvalue weighted by Crippen LogP contribution is 2.31. The monoisotopic (exact) mass is 294 g/mol. The topological polar surface area (TPSA) is 46.3 Å². The number of hydrogen-bond donors (Lipinski definition) is 1. The number of carbonyl (C=O) groups is 1. The van der Waals surface area contributed by atoms with Gasteiger partial charge in [0.2, 0.25) is 0 Å². The van der Waals surface area contributed by atoms with Gasteiger partial charge in [0.05, 0.1) is 4.99 Å². The van der Waals surface area contributed by atoms with Gasteiger partial charge >= 0.3 is 0 Å². The van der Waals surface area contributed by atoms with Crippen molar-refractivity contribution in [1.82, 2.24) is 4.90 Å². The molecule has 1 aromatic rings. The fraction of sp³-hybridized carbons (Fsp3) is 0.467. The molecule has 108 valence electrons. The van der Waals surface area contributed by atoms with Crippen LogP contribution in [0.15, 0.2) is 18.2 Å². The lowest BCUT2D eigenvalue weighted by atomic mass is 9.80. The van der Waals surface area contributed by atoms with Crippen LogP contribution < -0.4 is 5.73 Å². The number of nitrogens with zero attached hydrogens (tertiary/aromatic N) is 1. The van der Waals surface area contributed by atoms with Crippen molar-refractivity contribution in [2.45, 2.75) is 26.7 Å². The van der Waals surface area contributed by atoms with Crippen LogP contribution in [0.4, 0.5) is 4.39 Å². The third kappa shape index (κ3) is 2.98. The Morgan fingerprint density at radius 2 is 1.95 bits per heavy atom. The molecule has 1 aliphatic heterocycles. The highest BCUT2D eigenvalue weighted by Gasteiger charge is 2.34. The Balaban J connectivity index is 2.10. The van der Waals surface area contributed by atoms with E-state index in [0.717, 1.165) is 18.4 Å².